The molecular weight excluding hydrogens is 330 g/mol. The van der Waals surface area contributed by atoms with Gasteiger partial charge in [-0.3, -0.25) is 4.79 Å². The van der Waals surface area contributed by atoms with Gasteiger partial charge in [-0.1, -0.05) is 42.5 Å². The number of nitrogens with one attached hydrogen (secondary N) is 1. The molecule has 132 valence electrons. The van der Waals surface area contributed by atoms with Crippen LogP contribution in [0.2, 0.25) is 0 Å². The summed E-state index contributed by atoms with van der Waals surface area (Å²) < 4.78 is 10.0. The first-order chi connectivity index (χ1) is 12.6. The summed E-state index contributed by atoms with van der Waals surface area (Å²) in [4.78, 5) is 23.7. The van der Waals surface area contributed by atoms with Crippen molar-refractivity contribution in [3.05, 3.63) is 78.3 Å². The molecule has 1 N–H and O–H groups in total. The van der Waals surface area contributed by atoms with E-state index in [2.05, 4.69) is 5.32 Å². The Balaban J connectivity index is 1.55. The summed E-state index contributed by atoms with van der Waals surface area (Å²) in [5, 5.41) is 5.05. The Bertz CT molecular complexity index is 923. The third-order valence-electron chi connectivity index (χ3n) is 3.94. The van der Waals surface area contributed by atoms with Crippen molar-refractivity contribution in [3.63, 3.8) is 0 Å². The van der Waals surface area contributed by atoms with Crippen molar-refractivity contribution in [3.8, 4) is 0 Å². The number of amides is 1. The second kappa shape index (κ2) is 8.16. The van der Waals surface area contributed by atoms with Crippen LogP contribution in [0, 0.1) is 0 Å². The van der Waals surface area contributed by atoms with E-state index in [-0.39, 0.29) is 18.6 Å². The summed E-state index contributed by atoms with van der Waals surface area (Å²) in [5.74, 6) is -0.421. The maximum absolute atomic E-state index is 12.1. The molecule has 0 unspecified atom stereocenters. The molecule has 0 radical (unpaired) electrons. The normalized spacial score (nSPS) is 12.2. The van der Waals surface area contributed by atoms with Crippen LogP contribution < -0.4 is 5.32 Å². The number of hydrogen-bond donors (Lipinski definition) is 1. The largest absolute Gasteiger partial charge is 0.465 e. The molecule has 0 aliphatic heterocycles. The van der Waals surface area contributed by atoms with E-state index in [1.165, 1.54) is 18.4 Å². The topological polar surface area (TPSA) is 68.5 Å². The number of benzene rings is 2. The second-order valence-corrected chi connectivity index (χ2v) is 5.81. The van der Waals surface area contributed by atoms with Gasteiger partial charge in [-0.25, -0.2) is 4.79 Å². The van der Waals surface area contributed by atoms with Gasteiger partial charge in [0.1, 0.15) is 5.76 Å². The van der Waals surface area contributed by atoms with Gasteiger partial charge >= 0.3 is 5.97 Å². The Morgan fingerprint density at radius 2 is 1.92 bits per heavy atom. The zero-order chi connectivity index (χ0) is 18.4. The van der Waals surface area contributed by atoms with Crippen LogP contribution in [-0.2, 0) is 14.3 Å². The Morgan fingerprint density at radius 3 is 2.73 bits per heavy atom. The monoisotopic (exact) mass is 349 g/mol. The van der Waals surface area contributed by atoms with Gasteiger partial charge in [0.15, 0.2) is 6.61 Å². The fourth-order valence-corrected chi connectivity index (χ4v) is 2.71. The number of carbonyl (C=O) groups is 2. The molecule has 2 aromatic carbocycles. The van der Waals surface area contributed by atoms with Crippen molar-refractivity contribution in [1.82, 2.24) is 5.32 Å². The molecule has 1 heterocycles. The molecule has 1 atom stereocenters. The Labute approximate surface area is 151 Å². The van der Waals surface area contributed by atoms with Gasteiger partial charge in [0.05, 0.1) is 12.3 Å². The van der Waals surface area contributed by atoms with Gasteiger partial charge in [-0.2, -0.15) is 0 Å². The first-order valence-electron chi connectivity index (χ1n) is 8.29. The molecule has 1 amide bonds. The summed E-state index contributed by atoms with van der Waals surface area (Å²) in [6.07, 6.45) is 4.21. The van der Waals surface area contributed by atoms with Crippen LogP contribution in [0.15, 0.2) is 71.4 Å². The Kier molecular flexibility index (Phi) is 5.49. The predicted octanol–water partition coefficient (Wildman–Crippen LogP) is 3.87. The maximum Gasteiger partial charge on any atom is 0.331 e. The van der Waals surface area contributed by atoms with E-state index in [1.54, 1.807) is 12.1 Å². The standard InChI is InChI=1S/C21H19NO4/c1-15(18-10-4-7-16-6-2-3-9-19(16)18)22-20(23)14-26-21(24)12-11-17-8-5-13-25-17/h2-13,15H,14H2,1H3,(H,22,23)/b12-11+/t15-/m0/s1. The van der Waals surface area contributed by atoms with Crippen LogP contribution in [-0.4, -0.2) is 18.5 Å². The number of carbonyl (C=O) groups excluding carboxylic acids is 2. The molecule has 0 bridgehead atoms. The van der Waals surface area contributed by atoms with Crippen LogP contribution in [0.3, 0.4) is 0 Å². The quantitative estimate of drug-likeness (QED) is 0.542. The van der Waals surface area contributed by atoms with E-state index in [0.29, 0.717) is 5.76 Å². The van der Waals surface area contributed by atoms with Crippen molar-refractivity contribution in [2.24, 2.45) is 0 Å². The van der Waals surface area contributed by atoms with Crippen LogP contribution >= 0.6 is 0 Å². The van der Waals surface area contributed by atoms with Gasteiger partial charge in [-0.05, 0) is 41.5 Å². The van der Waals surface area contributed by atoms with E-state index >= 15 is 0 Å². The summed E-state index contributed by atoms with van der Waals surface area (Å²) in [7, 11) is 0. The highest BCUT2D eigenvalue weighted by Crippen LogP contribution is 2.23. The summed E-state index contributed by atoms with van der Waals surface area (Å²) in [6, 6.07) is 17.2. The molecule has 3 rings (SSSR count). The third kappa shape index (κ3) is 4.39. The molecule has 0 aliphatic rings. The highest BCUT2D eigenvalue weighted by atomic mass is 16.5. The molecule has 0 saturated heterocycles. The molecule has 0 aliphatic carbocycles. The fourth-order valence-electron chi connectivity index (χ4n) is 2.71. The molecule has 26 heavy (non-hydrogen) atoms. The van der Waals surface area contributed by atoms with E-state index < -0.39 is 5.97 Å². The zero-order valence-corrected chi connectivity index (χ0v) is 14.3. The smallest absolute Gasteiger partial charge is 0.331 e. The van der Waals surface area contributed by atoms with Crippen molar-refractivity contribution in [2.45, 2.75) is 13.0 Å². The molecule has 0 saturated carbocycles. The highest BCUT2D eigenvalue weighted by molar-refractivity contribution is 5.89. The van der Waals surface area contributed by atoms with E-state index in [1.807, 2.05) is 49.4 Å². The third-order valence-corrected chi connectivity index (χ3v) is 3.94. The van der Waals surface area contributed by atoms with Crippen LogP contribution in [0.5, 0.6) is 0 Å². The van der Waals surface area contributed by atoms with Gasteiger partial charge in [-0.15, -0.1) is 0 Å². The Hall–Kier alpha value is -3.34. The molecule has 0 spiro atoms. The lowest BCUT2D eigenvalue weighted by molar-refractivity contribution is -0.144. The number of fused-ring (bicyclic) bond motifs is 1. The number of hydrogen-bond acceptors (Lipinski definition) is 4. The van der Waals surface area contributed by atoms with Crippen LogP contribution in [0.1, 0.15) is 24.3 Å². The fraction of sp³-hybridized carbons (Fsp3) is 0.143. The summed E-state index contributed by atoms with van der Waals surface area (Å²) in [5.41, 5.74) is 1.01. The van der Waals surface area contributed by atoms with E-state index in [9.17, 15) is 9.59 Å². The van der Waals surface area contributed by atoms with E-state index in [4.69, 9.17) is 9.15 Å². The molecule has 5 nitrogen and oxygen atoms in total. The minimum Gasteiger partial charge on any atom is -0.465 e. The van der Waals surface area contributed by atoms with Crippen molar-refractivity contribution in [1.29, 1.82) is 0 Å². The average molecular weight is 349 g/mol. The molecule has 3 aromatic rings. The van der Waals surface area contributed by atoms with Gasteiger partial charge in [0.2, 0.25) is 0 Å². The predicted molar refractivity (Wildman–Crippen MR) is 99.2 cm³/mol. The Morgan fingerprint density at radius 1 is 1.12 bits per heavy atom. The average Bonchev–Trinajstić information content (AvgIpc) is 3.18. The SMILES string of the molecule is C[C@H](NC(=O)COC(=O)/C=C/c1ccco1)c1cccc2ccccc12. The lowest BCUT2D eigenvalue weighted by Gasteiger charge is -2.16. The van der Waals surface area contributed by atoms with Gasteiger partial charge < -0.3 is 14.5 Å². The minimum atomic E-state index is -0.602. The van der Waals surface area contributed by atoms with Crippen LogP contribution in [0.25, 0.3) is 16.8 Å². The van der Waals surface area contributed by atoms with Crippen LogP contribution in [0.4, 0.5) is 0 Å². The lowest BCUT2D eigenvalue weighted by Crippen LogP contribution is -2.31. The molecular formula is C21H19NO4. The number of furan rings is 1. The zero-order valence-electron chi connectivity index (χ0n) is 14.3. The van der Waals surface area contributed by atoms with Crippen molar-refractivity contribution in [2.75, 3.05) is 6.61 Å². The molecule has 0 fully saturated rings. The molecule has 1 aromatic heterocycles. The number of rotatable bonds is 6. The first kappa shape index (κ1) is 17.5. The number of esters is 1. The maximum atomic E-state index is 12.1. The van der Waals surface area contributed by atoms with Gasteiger partial charge in [0, 0.05) is 6.08 Å². The minimum absolute atomic E-state index is 0.203. The lowest BCUT2D eigenvalue weighted by atomic mass is 10.00. The second-order valence-electron chi connectivity index (χ2n) is 5.81. The van der Waals surface area contributed by atoms with E-state index in [0.717, 1.165) is 16.3 Å². The summed E-state index contributed by atoms with van der Waals surface area (Å²) >= 11 is 0. The number of ether oxygens (including phenoxy) is 1. The first-order valence-corrected chi connectivity index (χ1v) is 8.29. The van der Waals surface area contributed by atoms with Gasteiger partial charge in [0.25, 0.3) is 5.91 Å². The van der Waals surface area contributed by atoms with Crippen molar-refractivity contribution < 1.29 is 18.7 Å². The van der Waals surface area contributed by atoms with Crippen molar-refractivity contribution >= 4 is 28.7 Å². The summed E-state index contributed by atoms with van der Waals surface area (Å²) in [6.45, 7) is 1.56. The molecule has 5 heteroatoms. The highest BCUT2D eigenvalue weighted by Gasteiger charge is 2.13.